The van der Waals surface area contributed by atoms with Crippen LogP contribution in [-0.2, 0) is 20.8 Å². The summed E-state index contributed by atoms with van der Waals surface area (Å²) in [6.45, 7) is 8.72. The fourth-order valence-corrected chi connectivity index (χ4v) is 5.28. The smallest absolute Gasteiger partial charge is 0.339 e. The largest absolute Gasteiger partial charge is 0.490 e. The summed E-state index contributed by atoms with van der Waals surface area (Å²) in [5.74, 6) is -1.77. The van der Waals surface area contributed by atoms with Crippen molar-refractivity contribution in [3.8, 4) is 16.9 Å². The van der Waals surface area contributed by atoms with E-state index in [1.54, 1.807) is 6.92 Å². The minimum Gasteiger partial charge on any atom is -0.490 e. The Hall–Kier alpha value is -3.69. The third kappa shape index (κ3) is 5.23. The maximum absolute atomic E-state index is 14.0. The molecule has 7 nitrogen and oxygen atoms in total. The number of carbonyl (C=O) groups excluding carboxylic acids is 1. The number of esters is 1. The molecular weight excluding hydrogens is 540 g/mol. The second-order valence-electron chi connectivity index (χ2n) is 10.6. The summed E-state index contributed by atoms with van der Waals surface area (Å²) in [6.07, 6.45) is 0.722. The van der Waals surface area contributed by atoms with Gasteiger partial charge in [-0.3, -0.25) is 0 Å². The van der Waals surface area contributed by atoms with Crippen LogP contribution in [0.4, 0.5) is 14.5 Å². The Labute approximate surface area is 236 Å². The van der Waals surface area contributed by atoms with Crippen LogP contribution in [0.15, 0.2) is 42.6 Å². The number of ether oxygens (including phenoxy) is 3. The van der Waals surface area contributed by atoms with E-state index in [0.29, 0.717) is 68.6 Å². The van der Waals surface area contributed by atoms with E-state index in [1.807, 2.05) is 49.7 Å². The molecule has 3 heterocycles. The molecule has 2 aromatic carbocycles. The number of nitrogens with zero attached hydrogens (tertiary/aromatic N) is 2. The van der Waals surface area contributed by atoms with Gasteiger partial charge < -0.3 is 24.1 Å². The lowest BCUT2D eigenvalue weighted by Gasteiger charge is -2.29. The van der Waals surface area contributed by atoms with Crippen molar-refractivity contribution in [2.24, 2.45) is 0 Å². The van der Waals surface area contributed by atoms with Crippen LogP contribution in [0.3, 0.4) is 0 Å². The second kappa shape index (κ2) is 10.7. The van der Waals surface area contributed by atoms with Crippen LogP contribution >= 0.6 is 11.6 Å². The lowest BCUT2D eigenvalue weighted by molar-refractivity contribution is -0.164. The number of carbonyl (C=O) groups is 1. The highest BCUT2D eigenvalue weighted by atomic mass is 35.5. The lowest BCUT2D eigenvalue weighted by Crippen LogP contribution is -2.29. The summed E-state index contributed by atoms with van der Waals surface area (Å²) in [7, 11) is 1.31. The first-order valence-corrected chi connectivity index (χ1v) is 13.2. The van der Waals surface area contributed by atoms with Gasteiger partial charge in [-0.1, -0.05) is 17.7 Å². The van der Waals surface area contributed by atoms with E-state index in [0.717, 1.165) is 6.07 Å². The van der Waals surface area contributed by atoms with Crippen LogP contribution in [0.2, 0.25) is 5.02 Å². The topological polar surface area (TPSA) is 74.6 Å². The van der Waals surface area contributed by atoms with Crippen molar-refractivity contribution >= 4 is 34.3 Å². The number of hydrogen-bond acceptors (Lipinski definition) is 6. The van der Waals surface area contributed by atoms with E-state index in [9.17, 15) is 13.6 Å². The van der Waals surface area contributed by atoms with Gasteiger partial charge >= 0.3 is 5.97 Å². The summed E-state index contributed by atoms with van der Waals surface area (Å²) < 4.78 is 46.5. The van der Waals surface area contributed by atoms with Gasteiger partial charge in [0.1, 0.15) is 18.0 Å². The number of nitrogens with one attached hydrogen (secondary N) is 1. The monoisotopic (exact) mass is 569 g/mol. The molecule has 0 amide bonds. The molecule has 0 saturated carbocycles. The number of halogens is 3. The highest BCUT2D eigenvalue weighted by Gasteiger charge is 2.34. The lowest BCUT2D eigenvalue weighted by atomic mass is 9.91. The maximum Gasteiger partial charge on any atom is 0.339 e. The zero-order valence-corrected chi connectivity index (χ0v) is 23.7. The van der Waals surface area contributed by atoms with Gasteiger partial charge in [-0.25, -0.2) is 18.6 Å². The SMILES string of the molecule is COC(=O)[C@@H](OC(C)(C)C)c1c(C)nc2c(ccn2Cc2ccc(F)c(F)c2)c1-c1ccc2c(c1Cl)NCCO2. The molecule has 40 heavy (non-hydrogen) atoms. The van der Waals surface area contributed by atoms with Gasteiger partial charge in [0.25, 0.3) is 0 Å². The fraction of sp³-hybridized carbons (Fsp3) is 0.333. The van der Waals surface area contributed by atoms with Crippen LogP contribution < -0.4 is 10.1 Å². The predicted molar refractivity (Wildman–Crippen MR) is 150 cm³/mol. The molecule has 2 aromatic heterocycles. The summed E-state index contributed by atoms with van der Waals surface area (Å²) in [5, 5.41) is 4.44. The number of aromatic nitrogens is 2. The van der Waals surface area contributed by atoms with Crippen molar-refractivity contribution in [1.29, 1.82) is 0 Å². The highest BCUT2D eigenvalue weighted by Crippen LogP contribution is 2.47. The van der Waals surface area contributed by atoms with Crippen LogP contribution in [0.5, 0.6) is 5.75 Å². The van der Waals surface area contributed by atoms with Crippen LogP contribution in [-0.4, -0.2) is 41.4 Å². The Morgan fingerprint density at radius 2 is 1.98 bits per heavy atom. The van der Waals surface area contributed by atoms with Gasteiger partial charge in [-0.15, -0.1) is 0 Å². The molecule has 0 unspecified atom stereocenters. The molecule has 210 valence electrons. The maximum atomic E-state index is 14.0. The third-order valence-corrected chi connectivity index (χ3v) is 7.05. The molecular formula is C30H30ClF2N3O4. The molecule has 0 spiro atoms. The van der Waals surface area contributed by atoms with Gasteiger partial charge in [0.05, 0.1) is 23.4 Å². The molecule has 5 rings (SSSR count). The molecule has 0 aliphatic carbocycles. The quantitative estimate of drug-likeness (QED) is 0.257. The van der Waals surface area contributed by atoms with Crippen molar-refractivity contribution in [3.05, 3.63) is 76.1 Å². The van der Waals surface area contributed by atoms with Crippen molar-refractivity contribution in [3.63, 3.8) is 0 Å². The molecule has 1 atom stereocenters. The average molecular weight is 570 g/mol. The molecule has 0 bridgehead atoms. The number of aryl methyl sites for hydroxylation is 1. The highest BCUT2D eigenvalue weighted by molar-refractivity contribution is 6.37. The third-order valence-electron chi connectivity index (χ3n) is 6.66. The fourth-order valence-electron chi connectivity index (χ4n) is 4.96. The van der Waals surface area contributed by atoms with Gasteiger partial charge in [0.15, 0.2) is 17.7 Å². The second-order valence-corrected chi connectivity index (χ2v) is 11.0. The Bertz CT molecular complexity index is 1610. The molecule has 0 radical (unpaired) electrons. The van der Waals surface area contributed by atoms with Gasteiger partial charge in [0, 0.05) is 47.1 Å². The van der Waals surface area contributed by atoms with Crippen LogP contribution in [0, 0.1) is 18.6 Å². The summed E-state index contributed by atoms with van der Waals surface area (Å²) in [5.41, 5.74) is 3.49. The van der Waals surface area contributed by atoms with Crippen molar-refractivity contribution < 1.29 is 27.8 Å². The Morgan fingerprint density at radius 3 is 2.67 bits per heavy atom. The molecule has 4 aromatic rings. The average Bonchev–Trinajstić information content (AvgIpc) is 3.30. The molecule has 10 heteroatoms. The van der Waals surface area contributed by atoms with E-state index < -0.39 is 29.3 Å². The Balaban J connectivity index is 1.77. The van der Waals surface area contributed by atoms with Crippen molar-refractivity contribution in [2.45, 2.75) is 45.9 Å². The van der Waals surface area contributed by atoms with E-state index >= 15 is 0 Å². The molecule has 0 saturated heterocycles. The first-order valence-electron chi connectivity index (χ1n) is 12.9. The zero-order valence-electron chi connectivity index (χ0n) is 22.9. The van der Waals surface area contributed by atoms with Crippen molar-refractivity contribution in [2.75, 3.05) is 25.6 Å². The minimum absolute atomic E-state index is 0.248. The van der Waals surface area contributed by atoms with Crippen LogP contribution in [0.1, 0.15) is 43.7 Å². The number of fused-ring (bicyclic) bond motifs is 2. The van der Waals surface area contributed by atoms with Gasteiger partial charge in [-0.2, -0.15) is 0 Å². The van der Waals surface area contributed by atoms with Gasteiger partial charge in [0.2, 0.25) is 0 Å². The number of pyridine rings is 1. The molecule has 1 aliphatic rings. The van der Waals surface area contributed by atoms with Gasteiger partial charge in [-0.05, 0) is 63.6 Å². The number of anilines is 1. The number of benzene rings is 2. The first-order chi connectivity index (χ1) is 19.0. The standard InChI is InChI=1S/C30H30ClF2N3O4/c1-16-23(27(29(37)38-5)40-30(2,3)4)24(18-7-9-22-26(25(18)31)34-11-13-39-22)19-10-12-36(28(19)35-16)15-17-6-8-20(32)21(33)14-17/h6-10,12,14,27,34H,11,13,15H2,1-5H3/t27-/m0/s1. The minimum atomic E-state index is -1.09. The summed E-state index contributed by atoms with van der Waals surface area (Å²) >= 11 is 7.00. The summed E-state index contributed by atoms with van der Waals surface area (Å²) in [4.78, 5) is 18.0. The van der Waals surface area contributed by atoms with E-state index in [4.69, 9.17) is 30.8 Å². The Morgan fingerprint density at radius 1 is 1.20 bits per heavy atom. The van der Waals surface area contributed by atoms with E-state index in [-0.39, 0.29) is 6.54 Å². The van der Waals surface area contributed by atoms with E-state index in [1.165, 1.54) is 19.2 Å². The number of methoxy groups -OCH3 is 1. The van der Waals surface area contributed by atoms with Crippen LogP contribution in [0.25, 0.3) is 22.2 Å². The Kier molecular flexibility index (Phi) is 7.46. The normalized spacial score (nSPS) is 13.9. The van der Waals surface area contributed by atoms with Crippen molar-refractivity contribution in [1.82, 2.24) is 9.55 Å². The first kappa shape index (κ1) is 27.9. The summed E-state index contributed by atoms with van der Waals surface area (Å²) in [6, 6.07) is 9.35. The molecule has 0 fully saturated rings. The van der Waals surface area contributed by atoms with E-state index in [2.05, 4.69) is 5.32 Å². The predicted octanol–water partition coefficient (Wildman–Crippen LogP) is 6.83. The number of rotatable bonds is 6. The molecule has 1 aliphatic heterocycles. The zero-order chi connectivity index (χ0) is 28.8. The molecule has 1 N–H and O–H groups in total. The number of hydrogen-bond donors (Lipinski definition) is 1.